The molecular weight excluding hydrogens is 212 g/mol. The van der Waals surface area contributed by atoms with Crippen molar-refractivity contribution in [1.29, 1.82) is 0 Å². The Hall–Kier alpha value is -0.140. The molecule has 0 heterocycles. The van der Waals surface area contributed by atoms with Crippen LogP contribution in [0.15, 0.2) is 30.3 Å². The van der Waals surface area contributed by atoms with E-state index in [0.29, 0.717) is 0 Å². The summed E-state index contributed by atoms with van der Waals surface area (Å²) in [6, 6.07) is 10.3. The van der Waals surface area contributed by atoms with E-state index in [1.807, 2.05) is 30.0 Å². The van der Waals surface area contributed by atoms with Crippen molar-refractivity contribution in [3.05, 3.63) is 35.9 Å². The minimum Gasteiger partial charge on any atom is -0.165 e. The van der Waals surface area contributed by atoms with Crippen molar-refractivity contribution in [2.24, 2.45) is 0 Å². The fourth-order valence-corrected chi connectivity index (χ4v) is 2.19. The standard InChI is InChI=1S/C12H17ClS/c1-14-10-6-5-9-12(13)11-7-3-2-4-8-11/h2-4,7-8,12H,5-6,9-10H2,1H3. The molecule has 1 aromatic carbocycles. The normalized spacial score (nSPS) is 12.7. The number of benzene rings is 1. The fourth-order valence-electron chi connectivity index (χ4n) is 1.40. The van der Waals surface area contributed by atoms with Crippen LogP contribution < -0.4 is 0 Å². The maximum absolute atomic E-state index is 6.28. The predicted octanol–water partition coefficient (Wildman–Crippen LogP) is 4.50. The molecule has 0 radical (unpaired) electrons. The third-order valence-electron chi connectivity index (χ3n) is 2.22. The van der Waals surface area contributed by atoms with Gasteiger partial charge in [0.25, 0.3) is 0 Å². The van der Waals surface area contributed by atoms with Gasteiger partial charge in [0, 0.05) is 0 Å². The van der Waals surface area contributed by atoms with E-state index in [9.17, 15) is 0 Å². The van der Waals surface area contributed by atoms with Gasteiger partial charge in [-0.2, -0.15) is 11.8 Å². The second-order valence-corrected chi connectivity index (χ2v) is 4.88. The third kappa shape index (κ3) is 4.39. The Morgan fingerprint density at radius 3 is 2.57 bits per heavy atom. The largest absolute Gasteiger partial charge is 0.165 e. The van der Waals surface area contributed by atoms with Gasteiger partial charge in [-0.3, -0.25) is 0 Å². The van der Waals surface area contributed by atoms with E-state index in [1.54, 1.807) is 0 Å². The highest BCUT2D eigenvalue weighted by Crippen LogP contribution is 2.25. The molecule has 78 valence electrons. The van der Waals surface area contributed by atoms with E-state index >= 15 is 0 Å². The summed E-state index contributed by atoms with van der Waals surface area (Å²) in [5, 5.41) is 0.193. The molecule has 2 heteroatoms. The summed E-state index contributed by atoms with van der Waals surface area (Å²) in [7, 11) is 0. The van der Waals surface area contributed by atoms with Crippen molar-refractivity contribution in [3.8, 4) is 0 Å². The number of unbranched alkanes of at least 4 members (excludes halogenated alkanes) is 1. The molecular formula is C12H17ClS. The van der Waals surface area contributed by atoms with Crippen LogP contribution in [0.2, 0.25) is 0 Å². The monoisotopic (exact) mass is 228 g/mol. The second kappa shape index (κ2) is 7.19. The lowest BCUT2D eigenvalue weighted by Crippen LogP contribution is -1.90. The van der Waals surface area contributed by atoms with Crippen LogP contribution in [0.5, 0.6) is 0 Å². The quantitative estimate of drug-likeness (QED) is 0.510. The first kappa shape index (κ1) is 11.9. The molecule has 0 aliphatic carbocycles. The molecule has 0 aromatic heterocycles. The highest BCUT2D eigenvalue weighted by atomic mass is 35.5. The van der Waals surface area contributed by atoms with Crippen molar-refractivity contribution in [2.45, 2.75) is 24.6 Å². The van der Waals surface area contributed by atoms with E-state index in [1.165, 1.54) is 24.2 Å². The first-order valence-electron chi connectivity index (χ1n) is 5.02. The molecule has 0 spiro atoms. The lowest BCUT2D eigenvalue weighted by atomic mass is 10.1. The van der Waals surface area contributed by atoms with Crippen molar-refractivity contribution in [2.75, 3.05) is 12.0 Å². The molecule has 0 fully saturated rings. The van der Waals surface area contributed by atoms with Gasteiger partial charge in [0.1, 0.15) is 0 Å². The smallest absolute Gasteiger partial charge is 0.0585 e. The number of rotatable bonds is 6. The Labute approximate surface area is 96.0 Å². The Kier molecular flexibility index (Phi) is 6.13. The number of hydrogen-bond donors (Lipinski definition) is 0. The number of halogens is 1. The zero-order chi connectivity index (χ0) is 10.2. The second-order valence-electron chi connectivity index (χ2n) is 3.37. The van der Waals surface area contributed by atoms with E-state index < -0.39 is 0 Å². The van der Waals surface area contributed by atoms with E-state index in [2.05, 4.69) is 18.4 Å². The molecule has 0 saturated heterocycles. The van der Waals surface area contributed by atoms with Gasteiger partial charge >= 0.3 is 0 Å². The van der Waals surface area contributed by atoms with Gasteiger partial charge in [-0.15, -0.1) is 11.6 Å². The molecule has 1 unspecified atom stereocenters. The molecule has 0 N–H and O–H groups in total. The molecule has 0 aliphatic heterocycles. The molecule has 1 atom stereocenters. The van der Waals surface area contributed by atoms with Crippen LogP contribution in [0.3, 0.4) is 0 Å². The summed E-state index contributed by atoms with van der Waals surface area (Å²) in [6.45, 7) is 0. The van der Waals surface area contributed by atoms with Gasteiger partial charge < -0.3 is 0 Å². The maximum atomic E-state index is 6.28. The van der Waals surface area contributed by atoms with Crippen LogP contribution in [-0.4, -0.2) is 12.0 Å². The minimum absolute atomic E-state index is 0.193. The molecule has 1 aromatic rings. The average molecular weight is 229 g/mol. The Balaban J connectivity index is 2.25. The highest BCUT2D eigenvalue weighted by Gasteiger charge is 2.05. The van der Waals surface area contributed by atoms with Gasteiger partial charge in [0.2, 0.25) is 0 Å². The zero-order valence-corrected chi connectivity index (χ0v) is 10.2. The maximum Gasteiger partial charge on any atom is 0.0585 e. The zero-order valence-electron chi connectivity index (χ0n) is 8.58. The fraction of sp³-hybridized carbons (Fsp3) is 0.500. The van der Waals surface area contributed by atoms with Gasteiger partial charge in [0.15, 0.2) is 0 Å². The third-order valence-corrected chi connectivity index (χ3v) is 3.38. The first-order valence-corrected chi connectivity index (χ1v) is 6.85. The lowest BCUT2D eigenvalue weighted by molar-refractivity contribution is 0.705. The molecule has 0 saturated carbocycles. The Morgan fingerprint density at radius 2 is 1.93 bits per heavy atom. The van der Waals surface area contributed by atoms with Crippen LogP contribution in [0, 0.1) is 0 Å². The van der Waals surface area contributed by atoms with Gasteiger partial charge in [0.05, 0.1) is 5.38 Å². The Morgan fingerprint density at radius 1 is 1.21 bits per heavy atom. The molecule has 14 heavy (non-hydrogen) atoms. The van der Waals surface area contributed by atoms with Crippen molar-refractivity contribution in [3.63, 3.8) is 0 Å². The van der Waals surface area contributed by atoms with Crippen LogP contribution in [-0.2, 0) is 0 Å². The number of alkyl halides is 1. The van der Waals surface area contributed by atoms with Crippen LogP contribution in [0.4, 0.5) is 0 Å². The summed E-state index contributed by atoms with van der Waals surface area (Å²) in [6.07, 6.45) is 5.74. The van der Waals surface area contributed by atoms with E-state index in [0.717, 1.165) is 6.42 Å². The summed E-state index contributed by atoms with van der Waals surface area (Å²) >= 11 is 8.18. The average Bonchev–Trinajstić information content (AvgIpc) is 2.25. The lowest BCUT2D eigenvalue weighted by Gasteiger charge is -2.08. The van der Waals surface area contributed by atoms with Crippen LogP contribution in [0.1, 0.15) is 30.2 Å². The first-order chi connectivity index (χ1) is 6.84. The molecule has 1 rings (SSSR count). The predicted molar refractivity (Wildman–Crippen MR) is 67.3 cm³/mol. The van der Waals surface area contributed by atoms with Gasteiger partial charge in [-0.05, 0) is 30.4 Å². The highest BCUT2D eigenvalue weighted by molar-refractivity contribution is 7.98. The Bertz CT molecular complexity index is 235. The van der Waals surface area contributed by atoms with Crippen molar-refractivity contribution >= 4 is 23.4 Å². The SMILES string of the molecule is CSCCCCC(Cl)c1ccccc1. The summed E-state index contributed by atoms with van der Waals surface area (Å²) in [4.78, 5) is 0. The van der Waals surface area contributed by atoms with Crippen LogP contribution >= 0.6 is 23.4 Å². The van der Waals surface area contributed by atoms with E-state index in [-0.39, 0.29) is 5.38 Å². The number of thioether (sulfide) groups is 1. The van der Waals surface area contributed by atoms with Crippen molar-refractivity contribution < 1.29 is 0 Å². The molecule has 0 nitrogen and oxygen atoms in total. The van der Waals surface area contributed by atoms with E-state index in [4.69, 9.17) is 11.6 Å². The van der Waals surface area contributed by atoms with Crippen molar-refractivity contribution in [1.82, 2.24) is 0 Å². The molecule has 0 bridgehead atoms. The molecule has 0 amide bonds. The minimum atomic E-state index is 0.193. The number of hydrogen-bond acceptors (Lipinski definition) is 1. The molecule has 0 aliphatic rings. The van der Waals surface area contributed by atoms with Gasteiger partial charge in [-0.25, -0.2) is 0 Å². The summed E-state index contributed by atoms with van der Waals surface area (Å²) < 4.78 is 0. The van der Waals surface area contributed by atoms with Gasteiger partial charge in [-0.1, -0.05) is 36.8 Å². The van der Waals surface area contributed by atoms with Crippen LogP contribution in [0.25, 0.3) is 0 Å². The topological polar surface area (TPSA) is 0 Å². The summed E-state index contributed by atoms with van der Waals surface area (Å²) in [5.41, 5.74) is 1.25. The summed E-state index contributed by atoms with van der Waals surface area (Å²) in [5.74, 6) is 1.25.